The molecule has 1 fully saturated rings. The molecule has 3 heterocycles. The Morgan fingerprint density at radius 2 is 2.03 bits per heavy atom. The molecule has 2 amide bonds. The first-order chi connectivity index (χ1) is 16.9. The van der Waals surface area contributed by atoms with Gasteiger partial charge in [0.1, 0.15) is 11.6 Å². The van der Waals surface area contributed by atoms with E-state index in [1.165, 1.54) is 0 Å². The first kappa shape index (κ1) is 24.5. The highest BCUT2D eigenvalue weighted by Gasteiger charge is 2.35. The summed E-state index contributed by atoms with van der Waals surface area (Å²) in [5, 5.41) is 5.51. The van der Waals surface area contributed by atoms with Gasteiger partial charge in [-0.05, 0) is 56.9 Å². The summed E-state index contributed by atoms with van der Waals surface area (Å²) in [5.74, 6) is -0.545. The van der Waals surface area contributed by atoms with E-state index in [4.69, 9.17) is 4.74 Å². The molecular weight excluding hydrogens is 446 g/mol. The largest absolute Gasteiger partial charge is 0.494 e. The van der Waals surface area contributed by atoms with Crippen molar-refractivity contribution in [3.63, 3.8) is 0 Å². The van der Waals surface area contributed by atoms with Gasteiger partial charge < -0.3 is 20.3 Å². The Bertz CT molecular complexity index is 1160. The molecule has 0 aliphatic carbocycles. The standard InChI is InChI=1S/C26H33N5O4/c1-4-5-14-35-17(3)18-9-11-19(12-10-18)27-24(33)20-15-21(32)28-23-22(20)25(34)30-26(29-23)31-13-7-6-8-16(31)2/h9-12,16,20H,3-8,13-15H2,1-2H3,(H,27,33)(H2,28,29,30,32,34)/t16-,20+/m1/s1. The second-order valence-corrected chi connectivity index (χ2v) is 9.19. The Morgan fingerprint density at radius 3 is 2.74 bits per heavy atom. The molecule has 1 saturated heterocycles. The van der Waals surface area contributed by atoms with Crippen LogP contribution >= 0.6 is 0 Å². The van der Waals surface area contributed by atoms with Crippen molar-refractivity contribution in [3.8, 4) is 0 Å². The summed E-state index contributed by atoms with van der Waals surface area (Å²) >= 11 is 0. The van der Waals surface area contributed by atoms with Gasteiger partial charge in [0.2, 0.25) is 17.8 Å². The summed E-state index contributed by atoms with van der Waals surface area (Å²) in [6, 6.07) is 7.35. The predicted molar refractivity (Wildman–Crippen MR) is 136 cm³/mol. The summed E-state index contributed by atoms with van der Waals surface area (Å²) in [5.41, 5.74) is 1.15. The molecular formula is C26H33N5O4. The van der Waals surface area contributed by atoms with Crippen LogP contribution in [0.15, 0.2) is 35.6 Å². The number of ether oxygens (including phenoxy) is 1. The number of fused-ring (bicyclic) bond motifs is 1. The Morgan fingerprint density at radius 1 is 1.26 bits per heavy atom. The lowest BCUT2D eigenvalue weighted by molar-refractivity contribution is -0.123. The van der Waals surface area contributed by atoms with Crippen molar-refractivity contribution in [2.45, 2.75) is 64.3 Å². The highest BCUT2D eigenvalue weighted by atomic mass is 16.5. The zero-order chi connectivity index (χ0) is 24.9. The third-order valence-electron chi connectivity index (χ3n) is 6.58. The van der Waals surface area contributed by atoms with Crippen LogP contribution in [-0.2, 0) is 14.3 Å². The number of anilines is 3. The molecule has 2 aromatic rings. The maximum atomic E-state index is 13.1. The van der Waals surface area contributed by atoms with Gasteiger partial charge in [-0.15, -0.1) is 0 Å². The number of hydrogen-bond acceptors (Lipinski definition) is 6. The van der Waals surface area contributed by atoms with Crippen LogP contribution in [0.25, 0.3) is 5.76 Å². The van der Waals surface area contributed by atoms with Crippen molar-refractivity contribution in [1.82, 2.24) is 9.97 Å². The Balaban J connectivity index is 1.51. The van der Waals surface area contributed by atoms with Gasteiger partial charge in [-0.2, -0.15) is 4.98 Å². The zero-order valence-corrected chi connectivity index (χ0v) is 20.4. The second-order valence-electron chi connectivity index (χ2n) is 9.19. The third kappa shape index (κ3) is 5.55. The molecule has 35 heavy (non-hydrogen) atoms. The van der Waals surface area contributed by atoms with Gasteiger partial charge in [0.05, 0.1) is 18.1 Å². The fourth-order valence-electron chi connectivity index (χ4n) is 4.52. The van der Waals surface area contributed by atoms with E-state index in [0.717, 1.165) is 44.2 Å². The molecule has 1 aromatic heterocycles. The number of nitrogens with one attached hydrogen (secondary N) is 3. The maximum absolute atomic E-state index is 13.1. The Kier molecular flexibility index (Phi) is 7.53. The van der Waals surface area contributed by atoms with Gasteiger partial charge >= 0.3 is 0 Å². The quantitative estimate of drug-likeness (QED) is 0.389. The second kappa shape index (κ2) is 10.8. The lowest BCUT2D eigenvalue weighted by Gasteiger charge is -2.34. The van der Waals surface area contributed by atoms with Crippen molar-refractivity contribution >= 4 is 35.0 Å². The number of amides is 2. The average molecular weight is 480 g/mol. The number of carbonyl (C=O) groups is 2. The number of carbonyl (C=O) groups excluding carboxylic acids is 2. The van der Waals surface area contributed by atoms with Crippen LogP contribution in [0.4, 0.5) is 17.5 Å². The van der Waals surface area contributed by atoms with E-state index in [2.05, 4.69) is 41.0 Å². The van der Waals surface area contributed by atoms with Crippen LogP contribution in [0.3, 0.4) is 0 Å². The molecule has 2 atom stereocenters. The van der Waals surface area contributed by atoms with E-state index in [-0.39, 0.29) is 29.8 Å². The van der Waals surface area contributed by atoms with Crippen LogP contribution in [0.2, 0.25) is 0 Å². The number of hydrogen-bond donors (Lipinski definition) is 3. The number of H-pyrrole nitrogens is 1. The van der Waals surface area contributed by atoms with Gasteiger partial charge in [-0.25, -0.2) is 0 Å². The summed E-state index contributed by atoms with van der Waals surface area (Å²) in [6.07, 6.45) is 5.03. The summed E-state index contributed by atoms with van der Waals surface area (Å²) in [4.78, 5) is 48.0. The third-order valence-corrected chi connectivity index (χ3v) is 6.58. The van der Waals surface area contributed by atoms with Gasteiger partial charge in [-0.1, -0.05) is 19.9 Å². The van der Waals surface area contributed by atoms with Gasteiger partial charge in [0.25, 0.3) is 5.56 Å². The first-order valence-corrected chi connectivity index (χ1v) is 12.3. The van der Waals surface area contributed by atoms with Crippen molar-refractivity contribution in [1.29, 1.82) is 0 Å². The fourth-order valence-corrected chi connectivity index (χ4v) is 4.52. The number of piperidine rings is 1. The summed E-state index contributed by atoms with van der Waals surface area (Å²) in [6.45, 7) is 9.52. The molecule has 2 aliphatic heterocycles. The van der Waals surface area contributed by atoms with Gasteiger partial charge in [0, 0.05) is 30.3 Å². The number of aromatic amines is 1. The zero-order valence-electron chi connectivity index (χ0n) is 20.4. The highest BCUT2D eigenvalue weighted by Crippen LogP contribution is 2.31. The fraction of sp³-hybridized carbons (Fsp3) is 0.462. The molecule has 1 aromatic carbocycles. The van der Waals surface area contributed by atoms with E-state index in [0.29, 0.717) is 24.0 Å². The predicted octanol–water partition coefficient (Wildman–Crippen LogP) is 4.00. The van der Waals surface area contributed by atoms with Gasteiger partial charge in [-0.3, -0.25) is 19.4 Å². The minimum Gasteiger partial charge on any atom is -0.494 e. The van der Waals surface area contributed by atoms with E-state index >= 15 is 0 Å². The smallest absolute Gasteiger partial charge is 0.258 e. The Hall–Kier alpha value is -3.62. The van der Waals surface area contributed by atoms with Crippen LogP contribution in [0, 0.1) is 0 Å². The molecule has 0 radical (unpaired) electrons. The Labute approximate surface area is 205 Å². The molecule has 9 nitrogen and oxygen atoms in total. The van der Waals surface area contributed by atoms with E-state index in [1.807, 2.05) is 17.0 Å². The average Bonchev–Trinajstić information content (AvgIpc) is 2.84. The molecule has 0 unspecified atom stereocenters. The van der Waals surface area contributed by atoms with Crippen LogP contribution < -0.4 is 21.1 Å². The number of benzene rings is 1. The molecule has 186 valence electrons. The monoisotopic (exact) mass is 479 g/mol. The normalized spacial score (nSPS) is 19.5. The summed E-state index contributed by atoms with van der Waals surface area (Å²) in [7, 11) is 0. The lowest BCUT2D eigenvalue weighted by atomic mass is 9.92. The SMILES string of the molecule is C=C(OCCCC)c1ccc(NC(=O)[C@H]2CC(=O)Nc3nc(N4CCCC[C@H]4C)[nH]c(=O)c32)cc1. The first-order valence-electron chi connectivity index (χ1n) is 12.3. The van der Waals surface area contributed by atoms with Crippen LogP contribution in [0.1, 0.15) is 69.4 Å². The minimum atomic E-state index is -0.935. The number of nitrogens with zero attached hydrogens (tertiary/aromatic N) is 2. The molecule has 3 N–H and O–H groups in total. The van der Waals surface area contributed by atoms with Crippen molar-refractivity contribution < 1.29 is 14.3 Å². The van der Waals surface area contributed by atoms with E-state index < -0.39 is 17.4 Å². The van der Waals surface area contributed by atoms with Crippen LogP contribution in [-0.4, -0.2) is 41.0 Å². The lowest BCUT2D eigenvalue weighted by Crippen LogP contribution is -2.41. The molecule has 0 bridgehead atoms. The molecule has 4 rings (SSSR count). The number of unbranched alkanes of at least 4 members (excludes halogenated alkanes) is 1. The molecule has 9 heteroatoms. The highest BCUT2D eigenvalue weighted by molar-refractivity contribution is 6.04. The van der Waals surface area contributed by atoms with Gasteiger partial charge in [0.15, 0.2) is 0 Å². The number of aromatic nitrogens is 2. The molecule has 0 spiro atoms. The maximum Gasteiger partial charge on any atom is 0.258 e. The topological polar surface area (TPSA) is 116 Å². The molecule has 0 saturated carbocycles. The van der Waals surface area contributed by atoms with E-state index in [9.17, 15) is 14.4 Å². The van der Waals surface area contributed by atoms with Crippen LogP contribution in [0.5, 0.6) is 0 Å². The van der Waals surface area contributed by atoms with Crippen molar-refractivity contribution in [2.24, 2.45) is 0 Å². The number of rotatable bonds is 8. The summed E-state index contributed by atoms with van der Waals surface area (Å²) < 4.78 is 5.63. The minimum absolute atomic E-state index is 0.122. The van der Waals surface area contributed by atoms with Crippen molar-refractivity contribution in [2.75, 3.05) is 28.7 Å². The van der Waals surface area contributed by atoms with E-state index in [1.54, 1.807) is 12.1 Å². The molecule has 2 aliphatic rings. The van der Waals surface area contributed by atoms with Crippen molar-refractivity contribution in [3.05, 3.63) is 52.3 Å².